The van der Waals surface area contributed by atoms with E-state index in [1.165, 1.54) is 0 Å². The highest BCUT2D eigenvalue weighted by Crippen LogP contribution is 2.04. The maximum atomic E-state index is 8.27. The molecule has 2 heteroatoms. The normalized spacial score (nSPS) is 7.11. The van der Waals surface area contributed by atoms with Gasteiger partial charge in [0, 0.05) is 0 Å². The van der Waals surface area contributed by atoms with Crippen LogP contribution in [0.15, 0.2) is 11.1 Å². The molecular formula is C7H7N2. The second-order valence-electron chi connectivity index (χ2n) is 1.63. The van der Waals surface area contributed by atoms with Gasteiger partial charge in [0.05, 0.1) is 0 Å². The van der Waals surface area contributed by atoms with Gasteiger partial charge in [0.2, 0.25) is 0 Å². The highest BCUT2D eigenvalue weighted by molar-refractivity contribution is 5.39. The van der Waals surface area contributed by atoms with Crippen molar-refractivity contribution < 1.29 is 0 Å². The molecule has 0 N–H and O–H groups in total. The van der Waals surface area contributed by atoms with Gasteiger partial charge < -0.3 is 0 Å². The van der Waals surface area contributed by atoms with E-state index in [0.29, 0.717) is 6.42 Å². The Labute approximate surface area is 55.0 Å². The van der Waals surface area contributed by atoms with Gasteiger partial charge in [-0.2, -0.15) is 10.5 Å². The van der Waals surface area contributed by atoms with E-state index in [-0.39, 0.29) is 5.57 Å². The first-order valence-electron chi connectivity index (χ1n) is 2.55. The minimum atomic E-state index is 0.185. The zero-order chi connectivity index (χ0) is 7.28. The van der Waals surface area contributed by atoms with Gasteiger partial charge in [0.15, 0.2) is 0 Å². The third-order valence-corrected chi connectivity index (χ3v) is 1.03. The Bertz CT molecular complexity index is 184. The van der Waals surface area contributed by atoms with Gasteiger partial charge in [-0.1, -0.05) is 0 Å². The molecule has 0 aliphatic rings. The smallest absolute Gasteiger partial charge is 0.128 e. The average molecular weight is 119 g/mol. The molecule has 0 amide bonds. The number of rotatable bonds is 1. The molecule has 0 fully saturated rings. The Kier molecular flexibility index (Phi) is 3.16. The summed E-state index contributed by atoms with van der Waals surface area (Å²) in [6.45, 7) is 5.27. The first-order chi connectivity index (χ1) is 4.26. The number of hydrogen-bond donors (Lipinski definition) is 0. The SMILES string of the molecule is [CH2]CC(C)=C(C#N)C#N. The Hall–Kier alpha value is -1.28. The van der Waals surface area contributed by atoms with Crippen molar-refractivity contribution in [2.75, 3.05) is 0 Å². The van der Waals surface area contributed by atoms with Crippen LogP contribution in [0.3, 0.4) is 0 Å². The monoisotopic (exact) mass is 119 g/mol. The summed E-state index contributed by atoms with van der Waals surface area (Å²) in [6, 6.07) is 3.56. The van der Waals surface area contributed by atoms with E-state index in [4.69, 9.17) is 10.5 Å². The quantitative estimate of drug-likeness (QED) is 0.492. The predicted molar refractivity (Wildman–Crippen MR) is 33.9 cm³/mol. The van der Waals surface area contributed by atoms with Crippen LogP contribution < -0.4 is 0 Å². The molecule has 9 heavy (non-hydrogen) atoms. The fraction of sp³-hybridized carbons (Fsp3) is 0.286. The average Bonchev–Trinajstić information content (AvgIpc) is 1.90. The molecule has 0 aromatic rings. The topological polar surface area (TPSA) is 47.6 Å². The molecule has 1 radical (unpaired) electrons. The summed E-state index contributed by atoms with van der Waals surface area (Å²) in [7, 11) is 0. The predicted octanol–water partition coefficient (Wildman–Crippen LogP) is 1.57. The van der Waals surface area contributed by atoms with Crippen molar-refractivity contribution >= 4 is 0 Å². The van der Waals surface area contributed by atoms with Crippen LogP contribution >= 0.6 is 0 Å². The Morgan fingerprint density at radius 3 is 2.00 bits per heavy atom. The first-order valence-corrected chi connectivity index (χ1v) is 2.55. The zero-order valence-corrected chi connectivity index (χ0v) is 5.31. The van der Waals surface area contributed by atoms with Crippen LogP contribution in [-0.4, -0.2) is 0 Å². The van der Waals surface area contributed by atoms with Gasteiger partial charge in [-0.05, 0) is 25.8 Å². The van der Waals surface area contributed by atoms with Gasteiger partial charge in [-0.25, -0.2) is 0 Å². The van der Waals surface area contributed by atoms with E-state index < -0.39 is 0 Å². The fourth-order valence-electron chi connectivity index (χ4n) is 0.341. The molecule has 0 unspecified atom stereocenters. The van der Waals surface area contributed by atoms with Crippen LogP contribution in [0.4, 0.5) is 0 Å². The van der Waals surface area contributed by atoms with Gasteiger partial charge in [-0.15, -0.1) is 0 Å². The number of allylic oxidation sites excluding steroid dienone is 2. The lowest BCUT2D eigenvalue weighted by molar-refractivity contribution is 1.19. The van der Waals surface area contributed by atoms with Crippen molar-refractivity contribution in [2.24, 2.45) is 0 Å². The molecule has 0 aliphatic carbocycles. The highest BCUT2D eigenvalue weighted by Gasteiger charge is 1.95. The molecule has 0 aromatic carbocycles. The van der Waals surface area contributed by atoms with Crippen LogP contribution in [-0.2, 0) is 0 Å². The molecule has 0 atom stereocenters. The minimum absolute atomic E-state index is 0.185. The lowest BCUT2D eigenvalue weighted by Crippen LogP contribution is -1.79. The Balaban J connectivity index is 4.49. The molecule has 0 rings (SSSR count). The lowest BCUT2D eigenvalue weighted by atomic mass is 10.1. The summed E-state index contributed by atoms with van der Waals surface area (Å²) >= 11 is 0. The molecule has 0 aliphatic heterocycles. The zero-order valence-electron chi connectivity index (χ0n) is 5.31. The van der Waals surface area contributed by atoms with Crippen LogP contribution in [0.1, 0.15) is 13.3 Å². The fourth-order valence-corrected chi connectivity index (χ4v) is 0.341. The van der Waals surface area contributed by atoms with Crippen molar-refractivity contribution in [1.29, 1.82) is 10.5 Å². The standard InChI is InChI=1S/C7H7N2/c1-3-6(2)7(4-8)5-9/h1,3H2,2H3. The molecule has 0 heterocycles. The van der Waals surface area contributed by atoms with Gasteiger partial charge in [0.1, 0.15) is 17.7 Å². The van der Waals surface area contributed by atoms with E-state index in [2.05, 4.69) is 6.92 Å². The molecule has 0 bridgehead atoms. The maximum absolute atomic E-state index is 8.27. The number of hydrogen-bond acceptors (Lipinski definition) is 2. The van der Waals surface area contributed by atoms with E-state index in [1.54, 1.807) is 19.1 Å². The second-order valence-corrected chi connectivity index (χ2v) is 1.63. The summed E-state index contributed by atoms with van der Waals surface area (Å²) in [5.41, 5.74) is 0.935. The van der Waals surface area contributed by atoms with Crippen molar-refractivity contribution in [2.45, 2.75) is 13.3 Å². The lowest BCUT2D eigenvalue weighted by Gasteiger charge is -1.89. The van der Waals surface area contributed by atoms with Crippen molar-refractivity contribution in [3.05, 3.63) is 18.1 Å². The minimum Gasteiger partial charge on any atom is -0.192 e. The van der Waals surface area contributed by atoms with Crippen LogP contribution in [0.5, 0.6) is 0 Å². The van der Waals surface area contributed by atoms with Crippen LogP contribution in [0.25, 0.3) is 0 Å². The first kappa shape index (κ1) is 7.72. The number of nitrogens with zero attached hydrogens (tertiary/aromatic N) is 2. The second kappa shape index (κ2) is 3.69. The highest BCUT2D eigenvalue weighted by atomic mass is 14.3. The van der Waals surface area contributed by atoms with E-state index in [9.17, 15) is 0 Å². The molecule has 0 aromatic heterocycles. The molecule has 2 nitrogen and oxygen atoms in total. The van der Waals surface area contributed by atoms with Crippen LogP contribution in [0, 0.1) is 29.6 Å². The summed E-state index contributed by atoms with van der Waals surface area (Å²) < 4.78 is 0. The molecule has 45 valence electrons. The summed E-state index contributed by atoms with van der Waals surface area (Å²) in [5, 5.41) is 16.5. The number of nitriles is 2. The molecule has 0 saturated heterocycles. The third-order valence-electron chi connectivity index (χ3n) is 1.03. The molecule has 0 spiro atoms. The van der Waals surface area contributed by atoms with Gasteiger partial charge in [0.25, 0.3) is 0 Å². The summed E-state index contributed by atoms with van der Waals surface area (Å²) in [6.07, 6.45) is 0.524. The van der Waals surface area contributed by atoms with E-state index in [0.717, 1.165) is 5.57 Å². The van der Waals surface area contributed by atoms with E-state index >= 15 is 0 Å². The molecular weight excluding hydrogens is 112 g/mol. The summed E-state index contributed by atoms with van der Waals surface area (Å²) in [4.78, 5) is 0. The Morgan fingerprint density at radius 2 is 1.89 bits per heavy atom. The van der Waals surface area contributed by atoms with Gasteiger partial charge in [-0.3, -0.25) is 0 Å². The maximum Gasteiger partial charge on any atom is 0.128 e. The third kappa shape index (κ3) is 1.97. The Morgan fingerprint density at radius 1 is 1.44 bits per heavy atom. The van der Waals surface area contributed by atoms with E-state index in [1.807, 2.05) is 0 Å². The van der Waals surface area contributed by atoms with Crippen LogP contribution in [0.2, 0.25) is 0 Å². The van der Waals surface area contributed by atoms with Crippen molar-refractivity contribution in [3.63, 3.8) is 0 Å². The van der Waals surface area contributed by atoms with Crippen molar-refractivity contribution in [1.82, 2.24) is 0 Å². The van der Waals surface area contributed by atoms with Gasteiger partial charge >= 0.3 is 0 Å². The summed E-state index contributed by atoms with van der Waals surface area (Å²) in [5.74, 6) is 0. The van der Waals surface area contributed by atoms with Crippen molar-refractivity contribution in [3.8, 4) is 12.1 Å². The molecule has 0 saturated carbocycles. The largest absolute Gasteiger partial charge is 0.192 e.